The van der Waals surface area contributed by atoms with Crippen molar-refractivity contribution in [1.82, 2.24) is 5.32 Å². The van der Waals surface area contributed by atoms with E-state index in [9.17, 15) is 8.78 Å². The largest absolute Gasteiger partial charge is 0.487 e. The van der Waals surface area contributed by atoms with E-state index < -0.39 is 13.0 Å². The first-order valence-corrected chi connectivity index (χ1v) is 4.79. The fourth-order valence-corrected chi connectivity index (χ4v) is 1.40. The third-order valence-electron chi connectivity index (χ3n) is 2.01. The molecule has 1 aromatic carbocycles. The molecular weight excluding hydrogens is 200 g/mol. The number of alkyl halides is 2. The van der Waals surface area contributed by atoms with E-state index in [1.54, 1.807) is 7.05 Å². The van der Waals surface area contributed by atoms with Crippen molar-refractivity contribution in [3.8, 4) is 5.75 Å². The first-order chi connectivity index (χ1) is 7.15. The molecule has 1 N–H and O–H groups in total. The molecule has 15 heavy (non-hydrogen) atoms. The number of rotatable bonds is 5. The highest BCUT2D eigenvalue weighted by atomic mass is 19.3. The molecule has 1 rings (SSSR count). The lowest BCUT2D eigenvalue weighted by molar-refractivity contribution is 0.0810. The van der Waals surface area contributed by atoms with E-state index in [4.69, 9.17) is 4.74 Å². The van der Waals surface area contributed by atoms with E-state index in [1.807, 2.05) is 25.1 Å². The zero-order valence-corrected chi connectivity index (χ0v) is 8.89. The molecule has 0 fully saturated rings. The summed E-state index contributed by atoms with van der Waals surface area (Å²) < 4.78 is 29.2. The van der Waals surface area contributed by atoms with Crippen molar-refractivity contribution < 1.29 is 13.5 Å². The van der Waals surface area contributed by atoms with Crippen molar-refractivity contribution in [2.24, 2.45) is 0 Å². The lowest BCUT2D eigenvalue weighted by Gasteiger charge is -2.13. The highest BCUT2D eigenvalue weighted by molar-refractivity contribution is 5.40. The second-order valence-corrected chi connectivity index (χ2v) is 3.30. The summed E-state index contributed by atoms with van der Waals surface area (Å²) in [6.07, 6.45) is -2.44. The van der Waals surface area contributed by atoms with Crippen LogP contribution in [0.2, 0.25) is 0 Å². The predicted molar refractivity (Wildman–Crippen MR) is 55.4 cm³/mol. The molecule has 0 aromatic heterocycles. The molecule has 4 heteroatoms. The van der Waals surface area contributed by atoms with Crippen LogP contribution in [0.3, 0.4) is 0 Å². The number of nitrogens with one attached hydrogen (secondary N) is 1. The van der Waals surface area contributed by atoms with Crippen molar-refractivity contribution in [2.75, 3.05) is 13.7 Å². The lowest BCUT2D eigenvalue weighted by Crippen LogP contribution is -2.12. The maximum Gasteiger partial charge on any atom is 0.272 e. The topological polar surface area (TPSA) is 21.3 Å². The first kappa shape index (κ1) is 11.9. The number of para-hydroxylation sites is 1. The Morgan fingerprint density at radius 2 is 2.13 bits per heavy atom. The van der Waals surface area contributed by atoms with Gasteiger partial charge in [-0.1, -0.05) is 18.2 Å². The van der Waals surface area contributed by atoms with Gasteiger partial charge in [-0.3, -0.25) is 0 Å². The van der Waals surface area contributed by atoms with Gasteiger partial charge in [0.15, 0.2) is 0 Å². The number of aryl methyl sites for hydroxylation is 1. The average Bonchev–Trinajstić information content (AvgIpc) is 2.17. The summed E-state index contributed by atoms with van der Waals surface area (Å²) in [7, 11) is 1.80. The maximum atomic E-state index is 12.0. The van der Waals surface area contributed by atoms with Crippen molar-refractivity contribution >= 4 is 0 Å². The van der Waals surface area contributed by atoms with Gasteiger partial charge in [0.1, 0.15) is 12.4 Å². The molecular formula is C11H15F2NO. The minimum absolute atomic E-state index is 0.554. The molecule has 0 bridgehead atoms. The van der Waals surface area contributed by atoms with Gasteiger partial charge in [0.05, 0.1) is 0 Å². The van der Waals surface area contributed by atoms with Crippen LogP contribution in [-0.2, 0) is 6.54 Å². The van der Waals surface area contributed by atoms with Gasteiger partial charge in [-0.25, -0.2) is 8.78 Å². The summed E-state index contributed by atoms with van der Waals surface area (Å²) in [5.41, 5.74) is 1.78. The van der Waals surface area contributed by atoms with Gasteiger partial charge >= 0.3 is 0 Å². The number of ether oxygens (including phenoxy) is 1. The van der Waals surface area contributed by atoms with Gasteiger partial charge in [-0.15, -0.1) is 0 Å². The molecule has 0 aliphatic rings. The zero-order chi connectivity index (χ0) is 11.3. The van der Waals surface area contributed by atoms with Crippen LogP contribution in [0.5, 0.6) is 5.75 Å². The molecule has 0 saturated carbocycles. The second kappa shape index (κ2) is 5.66. The molecule has 84 valence electrons. The molecule has 0 atom stereocenters. The third-order valence-corrected chi connectivity index (χ3v) is 2.01. The molecule has 0 amide bonds. The van der Waals surface area contributed by atoms with E-state index in [0.29, 0.717) is 12.3 Å². The van der Waals surface area contributed by atoms with Gasteiger partial charge < -0.3 is 10.1 Å². The Hall–Kier alpha value is -1.16. The molecule has 2 nitrogen and oxygen atoms in total. The number of benzene rings is 1. The van der Waals surface area contributed by atoms with Gasteiger partial charge in [-0.05, 0) is 19.5 Å². The lowest BCUT2D eigenvalue weighted by atomic mass is 10.1. The Morgan fingerprint density at radius 1 is 1.40 bits per heavy atom. The summed E-state index contributed by atoms with van der Waals surface area (Å²) in [6.45, 7) is 1.90. The first-order valence-electron chi connectivity index (χ1n) is 4.79. The predicted octanol–water partition coefficient (Wildman–Crippen LogP) is 2.36. The van der Waals surface area contributed by atoms with Crippen molar-refractivity contribution in [3.63, 3.8) is 0 Å². The molecule has 0 radical (unpaired) electrons. The van der Waals surface area contributed by atoms with Gasteiger partial charge in [0.2, 0.25) is 0 Å². The Bertz CT molecular complexity index is 315. The third kappa shape index (κ3) is 3.47. The minimum atomic E-state index is -2.44. The fraction of sp³-hybridized carbons (Fsp3) is 0.455. The Kier molecular flexibility index (Phi) is 4.49. The Morgan fingerprint density at radius 3 is 2.73 bits per heavy atom. The van der Waals surface area contributed by atoms with Crippen LogP contribution < -0.4 is 10.1 Å². The van der Waals surface area contributed by atoms with E-state index in [-0.39, 0.29) is 0 Å². The van der Waals surface area contributed by atoms with Crippen LogP contribution in [0.1, 0.15) is 11.1 Å². The van der Waals surface area contributed by atoms with Crippen LogP contribution in [0.15, 0.2) is 18.2 Å². The number of hydrogen-bond donors (Lipinski definition) is 1. The molecule has 0 unspecified atom stereocenters. The average molecular weight is 215 g/mol. The summed E-state index contributed by atoms with van der Waals surface area (Å²) in [5, 5.41) is 2.97. The summed E-state index contributed by atoms with van der Waals surface area (Å²) in [5.74, 6) is 0.562. The molecule has 0 heterocycles. The molecule has 0 aliphatic carbocycles. The standard InChI is InChI=1S/C11H15F2NO/c1-8-4-3-5-9(6-14-2)11(8)15-7-10(12)13/h3-5,10,14H,6-7H2,1-2H3. The summed E-state index contributed by atoms with van der Waals surface area (Å²) >= 11 is 0. The van der Waals surface area contributed by atoms with Gasteiger partial charge in [0, 0.05) is 12.1 Å². The maximum absolute atomic E-state index is 12.0. The van der Waals surface area contributed by atoms with Crippen molar-refractivity contribution in [3.05, 3.63) is 29.3 Å². The summed E-state index contributed by atoms with van der Waals surface area (Å²) in [6, 6.07) is 5.60. The van der Waals surface area contributed by atoms with Crippen LogP contribution in [-0.4, -0.2) is 20.1 Å². The summed E-state index contributed by atoms with van der Waals surface area (Å²) in [4.78, 5) is 0. The van der Waals surface area contributed by atoms with Crippen LogP contribution in [0.25, 0.3) is 0 Å². The Balaban J connectivity index is 2.81. The molecule has 0 spiro atoms. The van der Waals surface area contributed by atoms with Crippen molar-refractivity contribution in [1.29, 1.82) is 0 Å². The van der Waals surface area contributed by atoms with E-state index >= 15 is 0 Å². The minimum Gasteiger partial charge on any atom is -0.487 e. The van der Waals surface area contributed by atoms with Crippen molar-refractivity contribution in [2.45, 2.75) is 19.9 Å². The van der Waals surface area contributed by atoms with E-state index in [0.717, 1.165) is 11.1 Å². The fourth-order valence-electron chi connectivity index (χ4n) is 1.40. The highest BCUT2D eigenvalue weighted by Gasteiger charge is 2.09. The number of hydrogen-bond acceptors (Lipinski definition) is 2. The molecule has 0 aliphatic heterocycles. The monoisotopic (exact) mass is 215 g/mol. The smallest absolute Gasteiger partial charge is 0.272 e. The van der Waals surface area contributed by atoms with E-state index in [2.05, 4.69) is 5.32 Å². The molecule has 0 saturated heterocycles. The van der Waals surface area contributed by atoms with Crippen LogP contribution in [0, 0.1) is 6.92 Å². The van der Waals surface area contributed by atoms with Crippen LogP contribution >= 0.6 is 0 Å². The normalized spacial score (nSPS) is 10.7. The second-order valence-electron chi connectivity index (χ2n) is 3.30. The molecule has 1 aromatic rings. The SMILES string of the molecule is CNCc1cccc(C)c1OCC(F)F. The quantitative estimate of drug-likeness (QED) is 0.814. The van der Waals surface area contributed by atoms with E-state index in [1.165, 1.54) is 0 Å². The van der Waals surface area contributed by atoms with Gasteiger partial charge in [0.25, 0.3) is 6.43 Å². The van der Waals surface area contributed by atoms with Gasteiger partial charge in [-0.2, -0.15) is 0 Å². The Labute approximate surface area is 88.3 Å². The zero-order valence-electron chi connectivity index (χ0n) is 8.89. The highest BCUT2D eigenvalue weighted by Crippen LogP contribution is 2.23. The number of halogens is 2. The van der Waals surface area contributed by atoms with Crippen LogP contribution in [0.4, 0.5) is 8.78 Å².